The van der Waals surface area contributed by atoms with Gasteiger partial charge in [0.2, 0.25) is 0 Å². The molecule has 2 aromatic carbocycles. The van der Waals surface area contributed by atoms with Gasteiger partial charge in [0.15, 0.2) is 6.61 Å². The summed E-state index contributed by atoms with van der Waals surface area (Å²) in [6, 6.07) is 10.1. The summed E-state index contributed by atoms with van der Waals surface area (Å²) in [5, 5.41) is 13.8. The summed E-state index contributed by atoms with van der Waals surface area (Å²) >= 11 is 0. The van der Waals surface area contributed by atoms with Gasteiger partial charge in [-0.1, -0.05) is 18.2 Å². The van der Waals surface area contributed by atoms with Crippen molar-refractivity contribution in [1.82, 2.24) is 0 Å². The molecule has 0 bridgehead atoms. The zero-order valence-corrected chi connectivity index (χ0v) is 14.3. The molecule has 1 amide bonds. The van der Waals surface area contributed by atoms with E-state index in [1.807, 2.05) is 18.2 Å². The van der Waals surface area contributed by atoms with E-state index in [2.05, 4.69) is 5.32 Å². The molecule has 0 fully saturated rings. The Bertz CT molecular complexity index is 891. The molecule has 7 nitrogen and oxygen atoms in total. The number of para-hydroxylation sites is 1. The fourth-order valence-electron chi connectivity index (χ4n) is 3.12. The number of hydrogen-bond acceptors (Lipinski definition) is 5. The summed E-state index contributed by atoms with van der Waals surface area (Å²) in [7, 11) is 0. The van der Waals surface area contributed by atoms with Crippen LogP contribution in [0.1, 0.15) is 33.5 Å². The maximum atomic E-state index is 12.1. The van der Waals surface area contributed by atoms with Crippen molar-refractivity contribution in [1.29, 1.82) is 0 Å². The zero-order chi connectivity index (χ0) is 18.7. The van der Waals surface area contributed by atoms with Crippen molar-refractivity contribution < 1.29 is 19.2 Å². The number of nitrogens with one attached hydrogen (secondary N) is 1. The van der Waals surface area contributed by atoms with Crippen LogP contribution in [0.4, 0.5) is 11.4 Å². The first-order valence-electron chi connectivity index (χ1n) is 8.28. The van der Waals surface area contributed by atoms with Crippen molar-refractivity contribution in [2.75, 3.05) is 11.9 Å². The number of ether oxygens (including phenoxy) is 1. The average molecular weight is 354 g/mol. The van der Waals surface area contributed by atoms with E-state index in [4.69, 9.17) is 4.74 Å². The second kappa shape index (κ2) is 7.35. The van der Waals surface area contributed by atoms with E-state index < -0.39 is 23.4 Å². The lowest BCUT2D eigenvalue weighted by Gasteiger charge is -2.09. The fraction of sp³-hybridized carbons (Fsp3) is 0.263. The fourth-order valence-corrected chi connectivity index (χ4v) is 3.12. The number of benzene rings is 2. The highest BCUT2D eigenvalue weighted by Gasteiger charge is 2.24. The number of aryl methyl sites for hydroxylation is 3. The third kappa shape index (κ3) is 3.72. The maximum Gasteiger partial charge on any atom is 0.345 e. The largest absolute Gasteiger partial charge is 0.452 e. The number of carbonyl (C=O) groups is 2. The van der Waals surface area contributed by atoms with Crippen LogP contribution in [0.15, 0.2) is 36.4 Å². The molecule has 0 saturated heterocycles. The molecule has 1 aliphatic rings. The van der Waals surface area contributed by atoms with Gasteiger partial charge in [0, 0.05) is 11.3 Å². The standard InChI is InChI=1S/C19H18N2O5/c1-12-4-2-7-16(18(12)21(24)25)19(23)26-11-17(22)20-15-9-8-13-5-3-6-14(13)10-15/h2,4,7-10H,3,5-6,11H2,1H3,(H,20,22). The Kier molecular flexibility index (Phi) is 4.97. The number of nitro benzene ring substituents is 1. The Labute approximate surface area is 150 Å². The minimum Gasteiger partial charge on any atom is -0.452 e. The Morgan fingerprint density at radius 2 is 1.96 bits per heavy atom. The molecule has 0 aliphatic heterocycles. The van der Waals surface area contributed by atoms with Crippen LogP contribution >= 0.6 is 0 Å². The Hall–Kier alpha value is -3.22. The Morgan fingerprint density at radius 1 is 1.19 bits per heavy atom. The van der Waals surface area contributed by atoms with Crippen LogP contribution in [0.5, 0.6) is 0 Å². The van der Waals surface area contributed by atoms with Gasteiger partial charge >= 0.3 is 5.97 Å². The summed E-state index contributed by atoms with van der Waals surface area (Å²) in [5.74, 6) is -1.39. The molecule has 0 unspecified atom stereocenters. The molecule has 1 aliphatic carbocycles. The van der Waals surface area contributed by atoms with Crippen LogP contribution in [0.2, 0.25) is 0 Å². The van der Waals surface area contributed by atoms with Gasteiger partial charge in [-0.3, -0.25) is 14.9 Å². The first kappa shape index (κ1) is 17.6. The van der Waals surface area contributed by atoms with Crippen LogP contribution in [-0.4, -0.2) is 23.4 Å². The van der Waals surface area contributed by atoms with E-state index in [1.165, 1.54) is 36.2 Å². The van der Waals surface area contributed by atoms with Crippen molar-refractivity contribution in [3.8, 4) is 0 Å². The molecule has 1 N–H and O–H groups in total. The van der Waals surface area contributed by atoms with Crippen LogP contribution in [0.25, 0.3) is 0 Å². The SMILES string of the molecule is Cc1cccc(C(=O)OCC(=O)Nc2ccc3c(c2)CCC3)c1[N+](=O)[O-]. The van der Waals surface area contributed by atoms with E-state index in [0.29, 0.717) is 11.3 Å². The normalized spacial score (nSPS) is 12.3. The van der Waals surface area contributed by atoms with E-state index in [-0.39, 0.29) is 11.3 Å². The topological polar surface area (TPSA) is 98.5 Å². The first-order chi connectivity index (χ1) is 12.5. The molecule has 3 rings (SSSR count). The average Bonchev–Trinajstić information content (AvgIpc) is 3.06. The van der Waals surface area contributed by atoms with Gasteiger partial charge in [-0.25, -0.2) is 4.79 Å². The molecule has 26 heavy (non-hydrogen) atoms. The minimum absolute atomic E-state index is 0.166. The van der Waals surface area contributed by atoms with E-state index in [9.17, 15) is 19.7 Å². The number of amides is 1. The number of fused-ring (bicyclic) bond motifs is 1. The predicted octanol–water partition coefficient (Wildman–Crippen LogP) is 3.19. The Balaban J connectivity index is 1.62. The number of nitrogens with zero attached hydrogens (tertiary/aromatic N) is 1. The monoisotopic (exact) mass is 354 g/mol. The molecule has 0 spiro atoms. The van der Waals surface area contributed by atoms with Crippen LogP contribution in [-0.2, 0) is 22.4 Å². The quantitative estimate of drug-likeness (QED) is 0.505. The summed E-state index contributed by atoms with van der Waals surface area (Å²) in [5.41, 5.74) is 3.04. The Morgan fingerprint density at radius 3 is 2.73 bits per heavy atom. The molecular weight excluding hydrogens is 336 g/mol. The highest BCUT2D eigenvalue weighted by molar-refractivity contribution is 5.97. The van der Waals surface area contributed by atoms with Crippen molar-refractivity contribution in [2.45, 2.75) is 26.2 Å². The number of nitro groups is 1. The van der Waals surface area contributed by atoms with Gasteiger partial charge in [0.05, 0.1) is 4.92 Å². The number of anilines is 1. The van der Waals surface area contributed by atoms with Gasteiger partial charge in [-0.2, -0.15) is 0 Å². The smallest absolute Gasteiger partial charge is 0.345 e. The van der Waals surface area contributed by atoms with E-state index in [1.54, 1.807) is 0 Å². The van der Waals surface area contributed by atoms with Crippen LogP contribution in [0, 0.1) is 17.0 Å². The van der Waals surface area contributed by atoms with Gasteiger partial charge in [0.1, 0.15) is 5.56 Å². The van der Waals surface area contributed by atoms with Crippen LogP contribution in [0.3, 0.4) is 0 Å². The lowest BCUT2D eigenvalue weighted by molar-refractivity contribution is -0.385. The second-order valence-electron chi connectivity index (χ2n) is 6.19. The van der Waals surface area contributed by atoms with Crippen molar-refractivity contribution in [3.05, 3.63) is 68.8 Å². The molecule has 7 heteroatoms. The lowest BCUT2D eigenvalue weighted by Crippen LogP contribution is -2.21. The summed E-state index contributed by atoms with van der Waals surface area (Å²) in [6.45, 7) is 1.02. The molecule has 134 valence electrons. The van der Waals surface area contributed by atoms with E-state index in [0.717, 1.165) is 19.3 Å². The highest BCUT2D eigenvalue weighted by Crippen LogP contribution is 2.25. The van der Waals surface area contributed by atoms with Gasteiger partial charge in [-0.15, -0.1) is 0 Å². The third-order valence-electron chi connectivity index (χ3n) is 4.36. The van der Waals surface area contributed by atoms with Gasteiger partial charge in [0.25, 0.3) is 11.6 Å². The molecule has 0 atom stereocenters. The molecule has 0 heterocycles. The van der Waals surface area contributed by atoms with Crippen molar-refractivity contribution in [2.24, 2.45) is 0 Å². The lowest BCUT2D eigenvalue weighted by atomic mass is 10.1. The molecule has 0 radical (unpaired) electrons. The van der Waals surface area contributed by atoms with Crippen molar-refractivity contribution >= 4 is 23.3 Å². The summed E-state index contributed by atoms with van der Waals surface area (Å²) < 4.78 is 4.95. The second-order valence-corrected chi connectivity index (χ2v) is 6.19. The molecule has 0 saturated carbocycles. The van der Waals surface area contributed by atoms with E-state index >= 15 is 0 Å². The molecular formula is C19H18N2O5. The van der Waals surface area contributed by atoms with Gasteiger partial charge in [-0.05, 0) is 55.5 Å². The highest BCUT2D eigenvalue weighted by atomic mass is 16.6. The number of carbonyl (C=O) groups excluding carboxylic acids is 2. The molecule has 0 aromatic heterocycles. The predicted molar refractivity (Wildman–Crippen MR) is 95.2 cm³/mol. The third-order valence-corrected chi connectivity index (χ3v) is 4.36. The number of rotatable bonds is 5. The summed E-state index contributed by atoms with van der Waals surface area (Å²) in [4.78, 5) is 34.6. The van der Waals surface area contributed by atoms with Crippen molar-refractivity contribution in [3.63, 3.8) is 0 Å². The zero-order valence-electron chi connectivity index (χ0n) is 14.3. The first-order valence-corrected chi connectivity index (χ1v) is 8.28. The molecule has 2 aromatic rings. The van der Waals surface area contributed by atoms with Gasteiger partial charge < -0.3 is 10.1 Å². The number of esters is 1. The van der Waals surface area contributed by atoms with Crippen LogP contribution < -0.4 is 5.32 Å². The summed E-state index contributed by atoms with van der Waals surface area (Å²) in [6.07, 6.45) is 3.15. The maximum absolute atomic E-state index is 12.1. The minimum atomic E-state index is -0.899. The number of hydrogen-bond donors (Lipinski definition) is 1.